The number of rotatable bonds is 4. The first-order valence-corrected chi connectivity index (χ1v) is 8.83. The molecule has 1 aliphatic rings. The summed E-state index contributed by atoms with van der Waals surface area (Å²) in [4.78, 5) is 0.218. The largest absolute Gasteiger partial charge is 0.490 e. The number of ether oxygens (including phenoxy) is 1. The smallest absolute Gasteiger partial charge is 0.246 e. The van der Waals surface area contributed by atoms with E-state index in [1.165, 1.54) is 22.6 Å². The third-order valence-corrected chi connectivity index (χ3v) is 5.93. The van der Waals surface area contributed by atoms with Crippen LogP contribution in [0, 0.1) is 12.7 Å². The molecule has 1 aliphatic heterocycles. The van der Waals surface area contributed by atoms with Crippen LogP contribution in [-0.2, 0) is 10.0 Å². The molecule has 23 heavy (non-hydrogen) atoms. The van der Waals surface area contributed by atoms with Crippen LogP contribution in [0.5, 0.6) is 5.75 Å². The van der Waals surface area contributed by atoms with Gasteiger partial charge in [-0.3, -0.25) is 5.10 Å². The van der Waals surface area contributed by atoms with Crippen LogP contribution < -0.4 is 4.74 Å². The lowest BCUT2D eigenvalue weighted by Gasteiger charge is -2.31. The van der Waals surface area contributed by atoms with Gasteiger partial charge in [-0.1, -0.05) is 0 Å². The van der Waals surface area contributed by atoms with Gasteiger partial charge in [-0.15, -0.1) is 0 Å². The molecule has 1 aromatic carbocycles. The van der Waals surface area contributed by atoms with Gasteiger partial charge in [0, 0.05) is 13.1 Å². The Balaban J connectivity index is 1.62. The van der Waals surface area contributed by atoms with E-state index in [9.17, 15) is 12.8 Å². The highest BCUT2D eigenvalue weighted by atomic mass is 32.2. The van der Waals surface area contributed by atoms with Crippen molar-refractivity contribution < 1.29 is 17.5 Å². The molecular formula is C15H18FN3O3S. The predicted octanol–water partition coefficient (Wildman–Crippen LogP) is 2.09. The summed E-state index contributed by atoms with van der Waals surface area (Å²) in [6.45, 7) is 2.46. The van der Waals surface area contributed by atoms with Crippen LogP contribution in [0.15, 0.2) is 35.4 Å². The third kappa shape index (κ3) is 3.37. The van der Waals surface area contributed by atoms with Gasteiger partial charge in [-0.05, 0) is 44.0 Å². The number of aryl methyl sites for hydroxylation is 1. The zero-order chi connectivity index (χ0) is 16.4. The van der Waals surface area contributed by atoms with Crippen molar-refractivity contribution in [2.75, 3.05) is 13.1 Å². The lowest BCUT2D eigenvalue weighted by molar-refractivity contribution is 0.135. The molecular weight excluding hydrogens is 321 g/mol. The van der Waals surface area contributed by atoms with Crippen LogP contribution >= 0.6 is 0 Å². The van der Waals surface area contributed by atoms with Crippen molar-refractivity contribution in [2.45, 2.75) is 30.8 Å². The average molecular weight is 339 g/mol. The summed E-state index contributed by atoms with van der Waals surface area (Å²) in [7, 11) is -3.52. The van der Waals surface area contributed by atoms with Crippen molar-refractivity contribution in [1.82, 2.24) is 14.5 Å². The molecule has 3 rings (SSSR count). The van der Waals surface area contributed by atoms with E-state index >= 15 is 0 Å². The van der Waals surface area contributed by atoms with E-state index in [1.54, 1.807) is 19.1 Å². The summed E-state index contributed by atoms with van der Waals surface area (Å²) in [6, 6.07) is 5.84. The minimum atomic E-state index is -3.52. The number of benzene rings is 1. The number of hydrogen-bond acceptors (Lipinski definition) is 4. The fourth-order valence-electron chi connectivity index (χ4n) is 2.63. The molecule has 1 fully saturated rings. The molecule has 2 aromatic rings. The van der Waals surface area contributed by atoms with E-state index in [1.807, 2.05) is 0 Å². The molecule has 8 heteroatoms. The van der Waals surface area contributed by atoms with Crippen LogP contribution in [0.4, 0.5) is 4.39 Å². The lowest BCUT2D eigenvalue weighted by Crippen LogP contribution is -2.41. The van der Waals surface area contributed by atoms with E-state index in [0.29, 0.717) is 37.4 Å². The molecule has 0 atom stereocenters. The van der Waals surface area contributed by atoms with Gasteiger partial charge in [0.2, 0.25) is 10.0 Å². The zero-order valence-corrected chi connectivity index (χ0v) is 13.5. The van der Waals surface area contributed by atoms with Crippen LogP contribution in [0.3, 0.4) is 0 Å². The molecule has 0 spiro atoms. The summed E-state index contributed by atoms with van der Waals surface area (Å²) in [5.41, 5.74) is 0.537. The molecule has 0 radical (unpaired) electrons. The van der Waals surface area contributed by atoms with E-state index in [-0.39, 0.29) is 16.8 Å². The summed E-state index contributed by atoms with van der Waals surface area (Å²) in [6.07, 6.45) is 2.45. The number of sulfonamides is 1. The number of halogens is 1. The maximum absolute atomic E-state index is 12.9. The molecule has 0 amide bonds. The third-order valence-electron chi connectivity index (χ3n) is 3.92. The Hall–Kier alpha value is -1.93. The van der Waals surface area contributed by atoms with Crippen molar-refractivity contribution in [3.63, 3.8) is 0 Å². The fraction of sp³-hybridized carbons (Fsp3) is 0.400. The Morgan fingerprint density at radius 2 is 1.91 bits per heavy atom. The quantitative estimate of drug-likeness (QED) is 0.925. The lowest BCUT2D eigenvalue weighted by atomic mass is 10.1. The zero-order valence-electron chi connectivity index (χ0n) is 12.7. The van der Waals surface area contributed by atoms with E-state index < -0.39 is 10.0 Å². The number of H-pyrrole nitrogens is 1. The van der Waals surface area contributed by atoms with Crippen molar-refractivity contribution in [3.05, 3.63) is 42.0 Å². The highest BCUT2D eigenvalue weighted by Gasteiger charge is 2.31. The maximum Gasteiger partial charge on any atom is 0.246 e. The highest BCUT2D eigenvalue weighted by Crippen LogP contribution is 2.24. The Bertz CT molecular complexity index is 766. The minimum absolute atomic E-state index is 0.0719. The molecule has 2 heterocycles. The van der Waals surface area contributed by atoms with Gasteiger partial charge in [0.1, 0.15) is 22.6 Å². The van der Waals surface area contributed by atoms with Gasteiger partial charge >= 0.3 is 0 Å². The number of aromatic amines is 1. The average Bonchev–Trinajstić information content (AvgIpc) is 2.97. The van der Waals surface area contributed by atoms with Crippen molar-refractivity contribution in [2.24, 2.45) is 0 Å². The maximum atomic E-state index is 12.9. The molecule has 0 unspecified atom stereocenters. The van der Waals surface area contributed by atoms with Gasteiger partial charge in [-0.2, -0.15) is 9.40 Å². The Morgan fingerprint density at radius 3 is 2.48 bits per heavy atom. The van der Waals surface area contributed by atoms with Gasteiger partial charge in [0.15, 0.2) is 0 Å². The van der Waals surface area contributed by atoms with Crippen LogP contribution in [0.2, 0.25) is 0 Å². The predicted molar refractivity (Wildman–Crippen MR) is 82.1 cm³/mol. The molecule has 0 bridgehead atoms. The highest BCUT2D eigenvalue weighted by molar-refractivity contribution is 7.89. The molecule has 1 saturated heterocycles. The normalized spacial score (nSPS) is 17.3. The summed E-state index contributed by atoms with van der Waals surface area (Å²) >= 11 is 0. The van der Waals surface area contributed by atoms with Crippen LogP contribution in [0.1, 0.15) is 18.5 Å². The molecule has 1 N–H and O–H groups in total. The standard InChI is InChI=1S/C15H18FN3O3S/c1-11-15(10-17-18-11)23(20,21)19-8-6-14(7-9-19)22-13-4-2-12(16)3-5-13/h2-5,10,14H,6-9H2,1H3,(H,17,18). The first kappa shape index (κ1) is 15.9. The summed E-state index contributed by atoms with van der Waals surface area (Å²) < 4.78 is 45.2. The number of aromatic nitrogens is 2. The number of nitrogens with zero attached hydrogens (tertiary/aromatic N) is 2. The Labute approximate surface area is 134 Å². The van der Waals surface area contributed by atoms with Crippen LogP contribution in [0.25, 0.3) is 0 Å². The van der Waals surface area contributed by atoms with E-state index in [2.05, 4.69) is 10.2 Å². The van der Waals surface area contributed by atoms with Crippen molar-refractivity contribution in [3.8, 4) is 5.75 Å². The second-order valence-electron chi connectivity index (χ2n) is 5.53. The van der Waals surface area contributed by atoms with Gasteiger partial charge in [0.25, 0.3) is 0 Å². The second-order valence-corrected chi connectivity index (χ2v) is 7.44. The van der Waals surface area contributed by atoms with Gasteiger partial charge in [-0.25, -0.2) is 12.8 Å². The van der Waals surface area contributed by atoms with Crippen molar-refractivity contribution in [1.29, 1.82) is 0 Å². The number of nitrogens with one attached hydrogen (secondary N) is 1. The van der Waals surface area contributed by atoms with Gasteiger partial charge < -0.3 is 4.74 Å². The SMILES string of the molecule is Cc1[nH]ncc1S(=O)(=O)N1CCC(Oc2ccc(F)cc2)CC1. The molecule has 124 valence electrons. The first-order valence-electron chi connectivity index (χ1n) is 7.39. The van der Waals surface area contributed by atoms with E-state index in [0.717, 1.165) is 0 Å². The molecule has 6 nitrogen and oxygen atoms in total. The molecule has 1 aromatic heterocycles. The van der Waals surface area contributed by atoms with Crippen LogP contribution in [-0.4, -0.2) is 42.1 Å². The first-order chi connectivity index (χ1) is 11.0. The number of hydrogen-bond donors (Lipinski definition) is 1. The topological polar surface area (TPSA) is 75.3 Å². The Morgan fingerprint density at radius 1 is 1.26 bits per heavy atom. The Kier molecular flexibility index (Phi) is 4.36. The van der Waals surface area contributed by atoms with Gasteiger partial charge in [0.05, 0.1) is 11.9 Å². The minimum Gasteiger partial charge on any atom is -0.490 e. The summed E-state index contributed by atoms with van der Waals surface area (Å²) in [5.74, 6) is 0.284. The molecule has 0 aliphatic carbocycles. The van der Waals surface area contributed by atoms with Crippen molar-refractivity contribution >= 4 is 10.0 Å². The fourth-order valence-corrected chi connectivity index (χ4v) is 4.22. The number of piperidine rings is 1. The monoisotopic (exact) mass is 339 g/mol. The molecule has 0 saturated carbocycles. The van der Waals surface area contributed by atoms with E-state index in [4.69, 9.17) is 4.74 Å². The second kappa shape index (κ2) is 6.29. The summed E-state index contributed by atoms with van der Waals surface area (Å²) in [5, 5.41) is 6.42.